The Labute approximate surface area is 158 Å². The number of imide groups is 1. The quantitative estimate of drug-likeness (QED) is 0.718. The molecule has 4 amide bonds. The molecule has 0 saturated carbocycles. The average molecular weight is 382 g/mol. The van der Waals surface area contributed by atoms with Gasteiger partial charge in [0.05, 0.1) is 16.8 Å². The fourth-order valence-corrected chi connectivity index (χ4v) is 3.03. The van der Waals surface area contributed by atoms with Gasteiger partial charge >= 0.3 is 6.03 Å². The molecule has 0 radical (unpaired) electrons. The number of amides is 4. The Balaban J connectivity index is 1.62. The third kappa shape index (κ3) is 3.04. The minimum atomic E-state index is -0.706. The van der Waals surface area contributed by atoms with Gasteiger partial charge in [-0.3, -0.25) is 19.8 Å². The molecule has 28 heavy (non-hydrogen) atoms. The predicted octanol–water partition coefficient (Wildman–Crippen LogP) is 1.81. The first kappa shape index (κ1) is 17.6. The summed E-state index contributed by atoms with van der Waals surface area (Å²) in [6.45, 7) is 0.0535. The monoisotopic (exact) mass is 382 g/mol. The Morgan fingerprint density at radius 3 is 2.86 bits per heavy atom. The summed E-state index contributed by atoms with van der Waals surface area (Å²) < 4.78 is 15.8. The van der Waals surface area contributed by atoms with E-state index in [4.69, 9.17) is 0 Å². The van der Waals surface area contributed by atoms with Crippen LogP contribution in [0.2, 0.25) is 0 Å². The van der Waals surface area contributed by atoms with Gasteiger partial charge in [-0.05, 0) is 30.3 Å². The van der Waals surface area contributed by atoms with Crippen molar-refractivity contribution in [2.45, 2.75) is 6.42 Å². The van der Waals surface area contributed by atoms with Crippen LogP contribution in [0.3, 0.4) is 0 Å². The van der Waals surface area contributed by atoms with Gasteiger partial charge in [-0.25, -0.2) is 13.9 Å². The standard InChI is InChI=1S/C18H15FN6O3/c1-24-13-4-2-3-11(16(13)22-23-24)17(27)20-10-5-6-12(19)14(9-10)25-8-7-15(26)21-18(25)28/h2-6,9H,7-8H2,1H3,(H,20,27)(H,21,26,28). The molecule has 0 aliphatic carbocycles. The van der Waals surface area contributed by atoms with E-state index in [1.807, 2.05) is 0 Å². The second kappa shape index (κ2) is 6.72. The number of benzene rings is 2. The van der Waals surface area contributed by atoms with E-state index in [1.165, 1.54) is 12.1 Å². The highest BCUT2D eigenvalue weighted by atomic mass is 19.1. The molecule has 10 heteroatoms. The lowest BCUT2D eigenvalue weighted by atomic mass is 10.1. The molecule has 0 atom stereocenters. The maximum absolute atomic E-state index is 14.3. The normalized spacial score (nSPS) is 14.3. The van der Waals surface area contributed by atoms with E-state index in [-0.39, 0.29) is 18.7 Å². The van der Waals surface area contributed by atoms with Gasteiger partial charge in [0.2, 0.25) is 5.91 Å². The minimum absolute atomic E-state index is 0.0273. The molecule has 3 aromatic rings. The summed E-state index contributed by atoms with van der Waals surface area (Å²) in [5.74, 6) is -1.50. The van der Waals surface area contributed by atoms with Crippen molar-refractivity contribution in [3.8, 4) is 0 Å². The van der Waals surface area contributed by atoms with Gasteiger partial charge in [0.25, 0.3) is 5.91 Å². The number of aryl methyl sites for hydroxylation is 1. The number of hydrogen-bond acceptors (Lipinski definition) is 5. The Kier molecular flexibility index (Phi) is 4.22. The molecule has 0 unspecified atom stereocenters. The van der Waals surface area contributed by atoms with Crippen LogP contribution in [0, 0.1) is 5.82 Å². The molecular formula is C18H15FN6O3. The average Bonchev–Trinajstić information content (AvgIpc) is 3.05. The van der Waals surface area contributed by atoms with Crippen LogP contribution in [0.5, 0.6) is 0 Å². The zero-order valence-corrected chi connectivity index (χ0v) is 14.8. The van der Waals surface area contributed by atoms with Gasteiger partial charge in [-0.15, -0.1) is 5.10 Å². The molecule has 2 N–H and O–H groups in total. The third-order valence-electron chi connectivity index (χ3n) is 4.44. The topological polar surface area (TPSA) is 109 Å². The first-order valence-corrected chi connectivity index (χ1v) is 8.44. The number of hydrogen-bond donors (Lipinski definition) is 2. The summed E-state index contributed by atoms with van der Waals surface area (Å²) in [4.78, 5) is 37.1. The lowest BCUT2D eigenvalue weighted by Crippen LogP contribution is -2.49. The lowest BCUT2D eigenvalue weighted by molar-refractivity contribution is -0.120. The Morgan fingerprint density at radius 1 is 1.25 bits per heavy atom. The van der Waals surface area contributed by atoms with Crippen molar-refractivity contribution in [3.63, 3.8) is 0 Å². The van der Waals surface area contributed by atoms with Crippen LogP contribution in [0.15, 0.2) is 36.4 Å². The van der Waals surface area contributed by atoms with E-state index >= 15 is 0 Å². The lowest BCUT2D eigenvalue weighted by Gasteiger charge is -2.27. The van der Waals surface area contributed by atoms with Crippen LogP contribution in [0.25, 0.3) is 11.0 Å². The number of rotatable bonds is 3. The highest BCUT2D eigenvalue weighted by Crippen LogP contribution is 2.26. The second-order valence-corrected chi connectivity index (χ2v) is 6.26. The van der Waals surface area contributed by atoms with Crippen molar-refractivity contribution in [3.05, 3.63) is 47.8 Å². The van der Waals surface area contributed by atoms with Crippen molar-refractivity contribution >= 4 is 40.3 Å². The summed E-state index contributed by atoms with van der Waals surface area (Å²) in [7, 11) is 1.72. The van der Waals surface area contributed by atoms with Crippen LogP contribution < -0.4 is 15.5 Å². The van der Waals surface area contributed by atoms with Crippen LogP contribution >= 0.6 is 0 Å². The number of fused-ring (bicyclic) bond motifs is 1. The van der Waals surface area contributed by atoms with Crippen molar-refractivity contribution in [2.75, 3.05) is 16.8 Å². The molecule has 1 fully saturated rings. The minimum Gasteiger partial charge on any atom is -0.322 e. The van der Waals surface area contributed by atoms with E-state index in [9.17, 15) is 18.8 Å². The second-order valence-electron chi connectivity index (χ2n) is 6.26. The molecule has 142 valence electrons. The number of nitrogens with one attached hydrogen (secondary N) is 2. The molecule has 2 aromatic carbocycles. The van der Waals surface area contributed by atoms with Gasteiger partial charge in [-0.1, -0.05) is 11.3 Å². The summed E-state index contributed by atoms with van der Waals surface area (Å²) >= 11 is 0. The molecule has 2 heterocycles. The Bertz CT molecular complexity index is 1130. The zero-order valence-electron chi connectivity index (χ0n) is 14.8. The number of nitrogens with zero attached hydrogens (tertiary/aromatic N) is 4. The van der Waals surface area contributed by atoms with Crippen molar-refractivity contribution < 1.29 is 18.8 Å². The third-order valence-corrected chi connectivity index (χ3v) is 4.44. The van der Waals surface area contributed by atoms with Gasteiger partial charge in [0, 0.05) is 25.7 Å². The highest BCUT2D eigenvalue weighted by molar-refractivity contribution is 6.12. The first-order valence-electron chi connectivity index (χ1n) is 8.44. The zero-order chi connectivity index (χ0) is 19.8. The molecule has 1 aliphatic rings. The van der Waals surface area contributed by atoms with Crippen LogP contribution in [-0.4, -0.2) is 39.4 Å². The maximum Gasteiger partial charge on any atom is 0.328 e. The van der Waals surface area contributed by atoms with Gasteiger partial charge in [0.1, 0.15) is 11.3 Å². The van der Waals surface area contributed by atoms with Gasteiger partial charge in [-0.2, -0.15) is 0 Å². The smallest absolute Gasteiger partial charge is 0.322 e. The molecule has 1 aliphatic heterocycles. The SMILES string of the molecule is Cn1nnc2c(C(=O)Nc3ccc(F)c(N4CCC(=O)NC4=O)c3)cccc21. The molecule has 1 aromatic heterocycles. The number of anilines is 2. The number of halogens is 1. The van der Waals surface area contributed by atoms with E-state index in [2.05, 4.69) is 20.9 Å². The summed E-state index contributed by atoms with van der Waals surface area (Å²) in [5.41, 5.74) is 1.73. The van der Waals surface area contributed by atoms with E-state index in [0.717, 1.165) is 11.0 Å². The van der Waals surface area contributed by atoms with Crippen LogP contribution in [-0.2, 0) is 11.8 Å². The largest absolute Gasteiger partial charge is 0.328 e. The molecule has 1 saturated heterocycles. The van der Waals surface area contributed by atoms with Crippen LogP contribution in [0.4, 0.5) is 20.6 Å². The summed E-state index contributed by atoms with van der Waals surface area (Å²) in [6, 6.07) is 8.30. The Morgan fingerprint density at radius 2 is 2.07 bits per heavy atom. The molecule has 0 bridgehead atoms. The van der Waals surface area contributed by atoms with Crippen molar-refractivity contribution in [2.24, 2.45) is 7.05 Å². The molecular weight excluding hydrogens is 367 g/mol. The number of aromatic nitrogens is 3. The van der Waals surface area contributed by atoms with Crippen molar-refractivity contribution in [1.29, 1.82) is 0 Å². The first-order chi connectivity index (χ1) is 13.4. The molecule has 4 rings (SSSR count). The predicted molar refractivity (Wildman–Crippen MR) is 98.4 cm³/mol. The Hall–Kier alpha value is -3.82. The summed E-state index contributed by atoms with van der Waals surface area (Å²) in [6.07, 6.45) is 0.0659. The number of carbonyl (C=O) groups excluding carboxylic acids is 3. The number of carbonyl (C=O) groups is 3. The maximum atomic E-state index is 14.3. The summed E-state index contributed by atoms with van der Waals surface area (Å²) in [5, 5.41) is 12.7. The van der Waals surface area contributed by atoms with E-state index < -0.39 is 23.7 Å². The van der Waals surface area contributed by atoms with Gasteiger partial charge in [0.15, 0.2) is 0 Å². The highest BCUT2D eigenvalue weighted by Gasteiger charge is 2.26. The fourth-order valence-electron chi connectivity index (χ4n) is 3.03. The van der Waals surface area contributed by atoms with E-state index in [0.29, 0.717) is 22.3 Å². The molecule has 9 nitrogen and oxygen atoms in total. The number of urea groups is 1. The van der Waals surface area contributed by atoms with Crippen LogP contribution in [0.1, 0.15) is 16.8 Å². The van der Waals surface area contributed by atoms with E-state index in [1.54, 1.807) is 29.9 Å². The molecule has 0 spiro atoms. The fraction of sp³-hybridized carbons (Fsp3) is 0.167. The van der Waals surface area contributed by atoms with Crippen molar-refractivity contribution in [1.82, 2.24) is 20.3 Å². The van der Waals surface area contributed by atoms with Gasteiger partial charge < -0.3 is 5.32 Å².